The Morgan fingerprint density at radius 1 is 1.12 bits per heavy atom. The molecular weight excluding hydrogens is 402 g/mol. The molecule has 5 rings (SSSR count). The van der Waals surface area contributed by atoms with Crippen LogP contribution in [0.3, 0.4) is 0 Å². The van der Waals surface area contributed by atoms with Crippen molar-refractivity contribution in [1.29, 1.82) is 0 Å². The number of anilines is 1. The van der Waals surface area contributed by atoms with Crippen molar-refractivity contribution in [2.24, 2.45) is 5.92 Å². The lowest BCUT2D eigenvalue weighted by Gasteiger charge is -2.34. The van der Waals surface area contributed by atoms with Gasteiger partial charge in [-0.05, 0) is 69.6 Å². The van der Waals surface area contributed by atoms with E-state index in [1.165, 1.54) is 12.8 Å². The zero-order valence-corrected chi connectivity index (χ0v) is 18.9. The van der Waals surface area contributed by atoms with Crippen molar-refractivity contribution in [2.45, 2.75) is 70.0 Å². The lowest BCUT2D eigenvalue weighted by atomic mass is 9.88. The third-order valence-corrected chi connectivity index (χ3v) is 6.84. The maximum atomic E-state index is 13.1. The molecule has 2 atom stereocenters. The number of hydrogen-bond acceptors (Lipinski definition) is 7. The average molecular weight is 436 g/mol. The van der Waals surface area contributed by atoms with Crippen molar-refractivity contribution in [3.63, 3.8) is 0 Å². The summed E-state index contributed by atoms with van der Waals surface area (Å²) in [5.41, 5.74) is 9.79. The predicted molar refractivity (Wildman–Crippen MR) is 124 cm³/mol. The molecule has 0 aromatic carbocycles. The standard InChI is InChI=1S/C24H33N7O/c1-15(2)27-24-26-14-19(16-5-9-25-10-6-16)22(28-24)18-7-11-31(12-8-18)23(32)21-13-20(29-30-21)17-3-4-17/h5-6,9-10,14-15,17-18,20-21,29-30H,3-4,7-8,11-13H2,1-2H3,(H,26,27,28). The maximum Gasteiger partial charge on any atom is 0.241 e. The van der Waals surface area contributed by atoms with Crippen LogP contribution in [0.2, 0.25) is 0 Å². The topological polar surface area (TPSA) is 95.1 Å². The number of carbonyl (C=O) groups is 1. The Balaban J connectivity index is 1.29. The Hall–Kier alpha value is -2.58. The summed E-state index contributed by atoms with van der Waals surface area (Å²) >= 11 is 0. The van der Waals surface area contributed by atoms with Crippen LogP contribution < -0.4 is 16.2 Å². The molecule has 3 N–H and O–H groups in total. The summed E-state index contributed by atoms with van der Waals surface area (Å²) in [5, 5.41) is 3.33. The summed E-state index contributed by atoms with van der Waals surface area (Å²) in [5.74, 6) is 1.95. The Bertz CT molecular complexity index is 939. The summed E-state index contributed by atoms with van der Waals surface area (Å²) in [6, 6.07) is 4.64. The summed E-state index contributed by atoms with van der Waals surface area (Å²) in [7, 11) is 0. The Kier molecular flexibility index (Phi) is 6.06. The number of aromatic nitrogens is 3. The van der Waals surface area contributed by atoms with Crippen LogP contribution >= 0.6 is 0 Å². The highest BCUT2D eigenvalue weighted by Crippen LogP contribution is 2.37. The van der Waals surface area contributed by atoms with E-state index in [0.29, 0.717) is 17.9 Å². The van der Waals surface area contributed by atoms with Crippen molar-refractivity contribution >= 4 is 11.9 Å². The minimum Gasteiger partial charge on any atom is -0.352 e. The van der Waals surface area contributed by atoms with Gasteiger partial charge in [0.25, 0.3) is 0 Å². The first-order chi connectivity index (χ1) is 15.6. The molecule has 0 spiro atoms. The molecule has 1 aliphatic carbocycles. The van der Waals surface area contributed by atoms with E-state index in [9.17, 15) is 4.79 Å². The third-order valence-electron chi connectivity index (χ3n) is 6.84. The van der Waals surface area contributed by atoms with Gasteiger partial charge in [0.05, 0.1) is 5.69 Å². The van der Waals surface area contributed by atoms with E-state index in [2.05, 4.69) is 40.0 Å². The van der Waals surface area contributed by atoms with Gasteiger partial charge in [-0.2, -0.15) is 0 Å². The van der Waals surface area contributed by atoms with Crippen molar-refractivity contribution in [1.82, 2.24) is 30.7 Å². The van der Waals surface area contributed by atoms with E-state index in [1.54, 1.807) is 12.4 Å². The van der Waals surface area contributed by atoms with Crippen molar-refractivity contribution in [3.8, 4) is 11.1 Å². The van der Waals surface area contributed by atoms with Crippen LogP contribution in [0, 0.1) is 5.92 Å². The molecule has 0 bridgehead atoms. The van der Waals surface area contributed by atoms with Crippen LogP contribution in [0.15, 0.2) is 30.7 Å². The van der Waals surface area contributed by atoms with Gasteiger partial charge < -0.3 is 10.2 Å². The summed E-state index contributed by atoms with van der Waals surface area (Å²) in [6.45, 7) is 5.71. The molecule has 2 aliphatic heterocycles. The van der Waals surface area contributed by atoms with Crippen molar-refractivity contribution in [2.75, 3.05) is 18.4 Å². The second kappa shape index (κ2) is 9.11. The first-order valence-corrected chi connectivity index (χ1v) is 11.9. The number of nitrogens with zero attached hydrogens (tertiary/aromatic N) is 4. The number of amides is 1. The minimum absolute atomic E-state index is 0.0922. The van der Waals surface area contributed by atoms with Gasteiger partial charge in [0, 0.05) is 55.2 Å². The van der Waals surface area contributed by atoms with Crippen LogP contribution in [-0.4, -0.2) is 57.0 Å². The van der Waals surface area contributed by atoms with Crippen LogP contribution in [0.25, 0.3) is 11.1 Å². The van der Waals surface area contributed by atoms with Gasteiger partial charge in [0.15, 0.2) is 0 Å². The number of nitrogens with one attached hydrogen (secondary N) is 3. The van der Waals surface area contributed by atoms with E-state index in [1.807, 2.05) is 23.2 Å². The van der Waals surface area contributed by atoms with E-state index in [0.717, 1.165) is 55.1 Å². The molecule has 32 heavy (non-hydrogen) atoms. The Labute approximate surface area is 189 Å². The number of carbonyl (C=O) groups excluding carboxylic acids is 1. The van der Waals surface area contributed by atoms with Crippen LogP contribution in [-0.2, 0) is 4.79 Å². The zero-order valence-electron chi connectivity index (χ0n) is 18.9. The quantitative estimate of drug-likeness (QED) is 0.642. The van der Waals surface area contributed by atoms with E-state index < -0.39 is 0 Å². The molecule has 3 fully saturated rings. The summed E-state index contributed by atoms with van der Waals surface area (Å²) in [4.78, 5) is 28.7. The van der Waals surface area contributed by atoms with Gasteiger partial charge in [0.1, 0.15) is 6.04 Å². The van der Waals surface area contributed by atoms with Crippen LogP contribution in [0.5, 0.6) is 0 Å². The third kappa shape index (κ3) is 4.61. The fourth-order valence-corrected chi connectivity index (χ4v) is 4.93. The van der Waals surface area contributed by atoms with Crippen molar-refractivity contribution < 1.29 is 4.79 Å². The van der Waals surface area contributed by atoms with E-state index in [4.69, 9.17) is 4.98 Å². The fourth-order valence-electron chi connectivity index (χ4n) is 4.93. The second-order valence-electron chi connectivity index (χ2n) is 9.65. The highest BCUT2D eigenvalue weighted by atomic mass is 16.2. The average Bonchev–Trinajstić information content (AvgIpc) is 3.55. The van der Waals surface area contributed by atoms with Crippen LogP contribution in [0.1, 0.15) is 57.6 Å². The first-order valence-electron chi connectivity index (χ1n) is 11.9. The zero-order chi connectivity index (χ0) is 22.1. The number of pyridine rings is 1. The lowest BCUT2D eigenvalue weighted by Crippen LogP contribution is -2.48. The molecule has 2 saturated heterocycles. The Morgan fingerprint density at radius 3 is 2.56 bits per heavy atom. The van der Waals surface area contributed by atoms with Gasteiger partial charge >= 0.3 is 0 Å². The number of hydrazine groups is 1. The van der Waals surface area contributed by atoms with Crippen LogP contribution in [0.4, 0.5) is 5.95 Å². The molecular formula is C24H33N7O. The van der Waals surface area contributed by atoms with E-state index in [-0.39, 0.29) is 18.0 Å². The Morgan fingerprint density at radius 2 is 1.88 bits per heavy atom. The number of likely N-dealkylation sites (tertiary alicyclic amines) is 1. The molecule has 0 radical (unpaired) electrons. The summed E-state index contributed by atoms with van der Waals surface area (Å²) in [6.07, 6.45) is 10.8. The minimum atomic E-state index is -0.0922. The smallest absolute Gasteiger partial charge is 0.241 e. The van der Waals surface area contributed by atoms with Gasteiger partial charge in [-0.1, -0.05) is 0 Å². The molecule has 170 valence electrons. The molecule has 2 aromatic rings. The molecule has 3 aliphatic rings. The van der Waals surface area contributed by atoms with Crippen molar-refractivity contribution in [3.05, 3.63) is 36.4 Å². The maximum absolute atomic E-state index is 13.1. The second-order valence-corrected chi connectivity index (χ2v) is 9.65. The molecule has 4 heterocycles. The molecule has 2 aromatic heterocycles. The van der Waals surface area contributed by atoms with Gasteiger partial charge in [-0.3, -0.25) is 15.2 Å². The van der Waals surface area contributed by atoms with Gasteiger partial charge in [-0.15, -0.1) is 0 Å². The largest absolute Gasteiger partial charge is 0.352 e. The highest BCUT2D eigenvalue weighted by Gasteiger charge is 2.40. The monoisotopic (exact) mass is 435 g/mol. The number of piperidine rings is 1. The van der Waals surface area contributed by atoms with Gasteiger partial charge in [0.2, 0.25) is 11.9 Å². The lowest BCUT2D eigenvalue weighted by molar-refractivity contribution is -0.134. The molecule has 1 saturated carbocycles. The molecule has 8 heteroatoms. The van der Waals surface area contributed by atoms with Gasteiger partial charge in [-0.25, -0.2) is 15.4 Å². The normalized spacial score (nSPS) is 24.2. The molecule has 2 unspecified atom stereocenters. The van der Waals surface area contributed by atoms with E-state index >= 15 is 0 Å². The SMILES string of the molecule is CC(C)Nc1ncc(-c2ccncc2)c(C2CCN(C(=O)C3CC(C4CC4)NN3)CC2)n1. The first kappa shape index (κ1) is 21.3. The number of hydrogen-bond donors (Lipinski definition) is 3. The molecule has 1 amide bonds. The fraction of sp³-hybridized carbons (Fsp3) is 0.583. The summed E-state index contributed by atoms with van der Waals surface area (Å²) < 4.78 is 0. The predicted octanol–water partition coefficient (Wildman–Crippen LogP) is 2.71. The number of rotatable bonds is 6. The highest BCUT2D eigenvalue weighted by molar-refractivity contribution is 5.82. The molecule has 8 nitrogen and oxygen atoms in total.